The van der Waals surface area contributed by atoms with Gasteiger partial charge in [-0.05, 0) is 25.8 Å². The number of carboxylic acid groups (broad SMARTS) is 1. The van der Waals surface area contributed by atoms with Gasteiger partial charge in [-0.15, -0.1) is 0 Å². The number of benzene rings is 1. The van der Waals surface area contributed by atoms with Crippen LogP contribution in [-0.4, -0.2) is 28.3 Å². The Labute approximate surface area is 131 Å². The van der Waals surface area contributed by atoms with Crippen LogP contribution in [0.25, 0.3) is 10.9 Å². The van der Waals surface area contributed by atoms with Crippen molar-refractivity contribution in [2.75, 3.05) is 6.61 Å². The summed E-state index contributed by atoms with van der Waals surface area (Å²) < 4.78 is 21.2. The third kappa shape index (κ3) is 2.92. The van der Waals surface area contributed by atoms with E-state index in [0.29, 0.717) is 5.52 Å². The quantitative estimate of drug-likeness (QED) is 0.877. The summed E-state index contributed by atoms with van der Waals surface area (Å²) in [6, 6.07) is 2.35. The first-order chi connectivity index (χ1) is 10.9. The molecule has 6 nitrogen and oxygen atoms in total. The summed E-state index contributed by atoms with van der Waals surface area (Å²) in [5.41, 5.74) is 5.03. The fourth-order valence-corrected chi connectivity index (χ4v) is 2.49. The second kappa shape index (κ2) is 5.66. The normalized spacial score (nSPS) is 15.6. The number of fused-ring (bicyclic) bond motifs is 1. The van der Waals surface area contributed by atoms with E-state index in [0.717, 1.165) is 18.9 Å². The largest absolute Gasteiger partial charge is 0.489 e. The molecule has 0 aliphatic heterocycles. The van der Waals surface area contributed by atoms with E-state index in [4.69, 9.17) is 10.5 Å². The molecule has 23 heavy (non-hydrogen) atoms. The number of nitrogens with zero attached hydrogens (tertiary/aromatic N) is 1. The van der Waals surface area contributed by atoms with Crippen molar-refractivity contribution in [3.63, 3.8) is 0 Å². The average molecular weight is 320 g/mol. The van der Waals surface area contributed by atoms with E-state index < -0.39 is 17.2 Å². The molecule has 0 unspecified atom stereocenters. The summed E-state index contributed by atoms with van der Waals surface area (Å²) >= 11 is 0. The molecule has 1 aromatic heterocycles. The molecule has 1 saturated carbocycles. The first kappa shape index (κ1) is 15.5. The molecule has 1 aliphatic carbocycles. The number of carbonyl (C=O) groups is 1. The minimum Gasteiger partial charge on any atom is -0.489 e. The van der Waals surface area contributed by atoms with Crippen LogP contribution in [0.5, 0.6) is 5.75 Å². The predicted molar refractivity (Wildman–Crippen MR) is 82.5 cm³/mol. The van der Waals surface area contributed by atoms with Crippen LogP contribution in [0.1, 0.15) is 36.2 Å². The molecule has 1 heterocycles. The number of hydrogen-bond donors (Lipinski definition) is 2. The van der Waals surface area contributed by atoms with Gasteiger partial charge in [-0.1, -0.05) is 0 Å². The summed E-state index contributed by atoms with van der Waals surface area (Å²) in [6.45, 7) is 1.88. The number of hydrogen-bond acceptors (Lipinski definition) is 4. The Morgan fingerprint density at radius 2 is 2.22 bits per heavy atom. The average Bonchev–Trinajstić information content (AvgIpc) is 3.30. The third-order valence-corrected chi connectivity index (χ3v) is 3.76. The lowest BCUT2D eigenvalue weighted by atomic mass is 10.1. The van der Waals surface area contributed by atoms with Gasteiger partial charge in [0.1, 0.15) is 12.2 Å². The van der Waals surface area contributed by atoms with E-state index in [1.54, 1.807) is 11.5 Å². The summed E-state index contributed by atoms with van der Waals surface area (Å²) in [7, 11) is 0. The van der Waals surface area contributed by atoms with Crippen molar-refractivity contribution in [1.82, 2.24) is 4.57 Å². The van der Waals surface area contributed by atoms with Gasteiger partial charge in [-0.25, -0.2) is 9.18 Å². The highest BCUT2D eigenvalue weighted by atomic mass is 19.1. The molecule has 122 valence electrons. The number of ether oxygens (including phenoxy) is 1. The number of aromatic carboxylic acids is 1. The van der Waals surface area contributed by atoms with Crippen LogP contribution in [-0.2, 0) is 0 Å². The standard InChI is InChI=1S/C16H17FN2O4/c1-8(18)7-23-14-5-13-10(4-12(14)17)15(20)11(16(21)22)6-19(13)9-2-3-9/h4-6,8-9H,2-3,7,18H2,1H3,(H,21,22)/t8-/m1/s1. The molecule has 1 aliphatic rings. The summed E-state index contributed by atoms with van der Waals surface area (Å²) in [5.74, 6) is -2.02. The van der Waals surface area contributed by atoms with Gasteiger partial charge in [-0.3, -0.25) is 4.79 Å². The molecule has 3 rings (SSSR count). The zero-order valence-corrected chi connectivity index (χ0v) is 12.6. The van der Waals surface area contributed by atoms with Gasteiger partial charge in [0.15, 0.2) is 11.6 Å². The molecule has 0 bridgehead atoms. The fourth-order valence-electron chi connectivity index (χ4n) is 2.49. The van der Waals surface area contributed by atoms with Gasteiger partial charge in [0.25, 0.3) is 0 Å². The minimum atomic E-state index is -1.32. The summed E-state index contributed by atoms with van der Waals surface area (Å²) in [5, 5.41) is 9.22. The Hall–Kier alpha value is -2.41. The van der Waals surface area contributed by atoms with E-state index in [9.17, 15) is 19.1 Å². The Kier molecular flexibility index (Phi) is 3.81. The Bertz CT molecular complexity index is 840. The van der Waals surface area contributed by atoms with Crippen LogP contribution in [0.2, 0.25) is 0 Å². The van der Waals surface area contributed by atoms with Crippen LogP contribution in [0.15, 0.2) is 23.1 Å². The number of pyridine rings is 1. The summed E-state index contributed by atoms with van der Waals surface area (Å²) in [6.07, 6.45) is 3.12. The van der Waals surface area contributed by atoms with Crippen LogP contribution < -0.4 is 15.9 Å². The highest BCUT2D eigenvalue weighted by molar-refractivity contribution is 5.93. The number of halogens is 1. The monoisotopic (exact) mass is 320 g/mol. The Morgan fingerprint density at radius 3 is 2.78 bits per heavy atom. The van der Waals surface area contributed by atoms with Gasteiger partial charge < -0.3 is 20.1 Å². The van der Waals surface area contributed by atoms with Crippen molar-refractivity contribution in [2.24, 2.45) is 5.73 Å². The molecular weight excluding hydrogens is 303 g/mol. The molecule has 1 atom stereocenters. The molecular formula is C16H17FN2O4. The topological polar surface area (TPSA) is 94.6 Å². The lowest BCUT2D eigenvalue weighted by Crippen LogP contribution is -2.24. The van der Waals surface area contributed by atoms with Gasteiger partial charge in [-0.2, -0.15) is 0 Å². The van der Waals surface area contributed by atoms with E-state index >= 15 is 0 Å². The van der Waals surface area contributed by atoms with Crippen LogP contribution in [0.4, 0.5) is 4.39 Å². The Balaban J connectivity index is 2.21. The SMILES string of the molecule is C[C@@H](N)COc1cc2c(cc1F)c(=O)c(C(=O)O)cn2C1CC1. The predicted octanol–water partition coefficient (Wildman–Crippen LogP) is 1.90. The maximum absolute atomic E-state index is 14.2. The second-order valence-corrected chi connectivity index (χ2v) is 5.90. The van der Waals surface area contributed by atoms with Gasteiger partial charge in [0, 0.05) is 29.7 Å². The number of carboxylic acids is 1. The fraction of sp³-hybridized carbons (Fsp3) is 0.375. The van der Waals surface area contributed by atoms with Crippen molar-refractivity contribution < 1.29 is 19.0 Å². The van der Waals surface area contributed by atoms with Gasteiger partial charge in [0.2, 0.25) is 5.43 Å². The first-order valence-electron chi connectivity index (χ1n) is 7.38. The van der Waals surface area contributed by atoms with E-state index in [-0.39, 0.29) is 35.4 Å². The molecule has 0 radical (unpaired) electrons. The van der Waals surface area contributed by atoms with Gasteiger partial charge >= 0.3 is 5.97 Å². The second-order valence-electron chi connectivity index (χ2n) is 5.90. The first-order valence-corrected chi connectivity index (χ1v) is 7.38. The summed E-state index contributed by atoms with van der Waals surface area (Å²) in [4.78, 5) is 23.5. The zero-order valence-electron chi connectivity index (χ0n) is 12.6. The van der Waals surface area contributed by atoms with E-state index in [1.165, 1.54) is 12.3 Å². The Morgan fingerprint density at radius 1 is 1.52 bits per heavy atom. The van der Waals surface area contributed by atoms with Crippen molar-refractivity contribution in [1.29, 1.82) is 0 Å². The van der Waals surface area contributed by atoms with Crippen LogP contribution in [0.3, 0.4) is 0 Å². The smallest absolute Gasteiger partial charge is 0.341 e. The maximum atomic E-state index is 14.2. The lowest BCUT2D eigenvalue weighted by Gasteiger charge is -2.14. The molecule has 1 aromatic carbocycles. The van der Waals surface area contributed by atoms with E-state index in [2.05, 4.69) is 0 Å². The van der Waals surface area contributed by atoms with Crippen molar-refractivity contribution in [3.8, 4) is 5.75 Å². The van der Waals surface area contributed by atoms with E-state index in [1.807, 2.05) is 0 Å². The van der Waals surface area contributed by atoms with Gasteiger partial charge in [0.05, 0.1) is 5.52 Å². The maximum Gasteiger partial charge on any atom is 0.341 e. The molecule has 0 spiro atoms. The molecule has 0 saturated heterocycles. The lowest BCUT2D eigenvalue weighted by molar-refractivity contribution is 0.0695. The number of nitrogens with two attached hydrogens (primary N) is 1. The number of rotatable bonds is 5. The molecule has 2 aromatic rings. The third-order valence-electron chi connectivity index (χ3n) is 3.76. The highest BCUT2D eigenvalue weighted by Gasteiger charge is 2.27. The van der Waals surface area contributed by atoms with Crippen LogP contribution >= 0.6 is 0 Å². The van der Waals surface area contributed by atoms with Crippen molar-refractivity contribution in [3.05, 3.63) is 39.9 Å². The molecule has 3 N–H and O–H groups in total. The van der Waals surface area contributed by atoms with Crippen molar-refractivity contribution in [2.45, 2.75) is 31.8 Å². The zero-order chi connectivity index (χ0) is 16.7. The van der Waals surface area contributed by atoms with Crippen LogP contribution in [0, 0.1) is 5.82 Å². The highest BCUT2D eigenvalue weighted by Crippen LogP contribution is 2.38. The molecule has 1 fully saturated rings. The van der Waals surface area contributed by atoms with Crippen molar-refractivity contribution >= 4 is 16.9 Å². The molecule has 0 amide bonds. The number of aromatic nitrogens is 1. The minimum absolute atomic E-state index is 0.00618. The molecule has 7 heteroatoms.